The Bertz CT molecular complexity index is 704. The summed E-state index contributed by atoms with van der Waals surface area (Å²) in [7, 11) is 0. The molecule has 18 heavy (non-hydrogen) atoms. The van der Waals surface area contributed by atoms with E-state index in [0.717, 1.165) is 17.6 Å². The largest absolute Gasteiger partial charge is 0.455 e. The number of benzene rings is 2. The van der Waals surface area contributed by atoms with Crippen LogP contribution >= 0.6 is 0 Å². The number of hydrogen-bond acceptors (Lipinski definition) is 1. The second-order valence-corrected chi connectivity index (χ2v) is 5.13. The van der Waals surface area contributed by atoms with Crippen LogP contribution in [0.15, 0.2) is 40.8 Å². The molecule has 0 aliphatic rings. The Kier molecular flexibility index (Phi) is 2.62. The van der Waals surface area contributed by atoms with Gasteiger partial charge >= 0.3 is 0 Å². The topological polar surface area (TPSA) is 13.1 Å². The fourth-order valence-electron chi connectivity index (χ4n) is 2.63. The molecular formula is C17H18O. The molecule has 0 N–H and O–H groups in total. The lowest BCUT2D eigenvalue weighted by Gasteiger charge is -2.04. The van der Waals surface area contributed by atoms with Gasteiger partial charge in [0, 0.05) is 10.8 Å². The predicted octanol–water partition coefficient (Wildman–Crippen LogP) is 5.27. The van der Waals surface area contributed by atoms with Gasteiger partial charge in [0.1, 0.15) is 11.2 Å². The van der Waals surface area contributed by atoms with Crippen molar-refractivity contribution in [3.8, 4) is 0 Å². The van der Waals surface area contributed by atoms with Crippen LogP contribution in [0.4, 0.5) is 0 Å². The molecule has 0 amide bonds. The summed E-state index contributed by atoms with van der Waals surface area (Å²) in [6.45, 7) is 6.59. The predicted molar refractivity (Wildman–Crippen MR) is 77.2 cm³/mol. The third kappa shape index (κ3) is 1.54. The lowest BCUT2D eigenvalue weighted by molar-refractivity contribution is 0.652. The Hall–Kier alpha value is -1.76. The first-order chi connectivity index (χ1) is 8.72. The molecule has 0 radical (unpaired) electrons. The quantitative estimate of drug-likeness (QED) is 0.592. The van der Waals surface area contributed by atoms with Gasteiger partial charge in [0.05, 0.1) is 0 Å². The van der Waals surface area contributed by atoms with Crippen molar-refractivity contribution >= 4 is 21.9 Å². The summed E-state index contributed by atoms with van der Waals surface area (Å²) in [6.07, 6.45) is 1.01. The van der Waals surface area contributed by atoms with Crippen molar-refractivity contribution < 1.29 is 4.42 Å². The average molecular weight is 238 g/mol. The van der Waals surface area contributed by atoms with Gasteiger partial charge in [-0.15, -0.1) is 0 Å². The molecule has 0 bridgehead atoms. The zero-order chi connectivity index (χ0) is 12.7. The molecule has 0 spiro atoms. The molecule has 0 saturated carbocycles. The zero-order valence-corrected chi connectivity index (χ0v) is 11.2. The molecule has 3 aromatic rings. The molecule has 3 rings (SSSR count). The highest BCUT2D eigenvalue weighted by atomic mass is 16.3. The normalized spacial score (nSPS) is 11.8. The van der Waals surface area contributed by atoms with Gasteiger partial charge in [0.15, 0.2) is 0 Å². The average Bonchev–Trinajstić information content (AvgIpc) is 2.76. The van der Waals surface area contributed by atoms with E-state index in [4.69, 9.17) is 4.42 Å². The minimum Gasteiger partial charge on any atom is -0.455 e. The number of hydrogen-bond donors (Lipinski definition) is 0. The summed E-state index contributed by atoms with van der Waals surface area (Å²) in [5, 5.41) is 2.48. The first kappa shape index (κ1) is 11.3. The van der Waals surface area contributed by atoms with Gasteiger partial charge in [-0.05, 0) is 23.5 Å². The minimum atomic E-state index is 0.485. The standard InChI is InChI=1S/C17H18O/c1-4-12-7-5-9-14-15-10-6-8-13(11(2)3)17(15)18-16(12)14/h5-11H,4H2,1-3H3. The molecule has 0 saturated heterocycles. The SMILES string of the molecule is CCc1cccc2c1oc1c(C(C)C)cccc12. The van der Waals surface area contributed by atoms with Gasteiger partial charge in [-0.1, -0.05) is 57.2 Å². The van der Waals surface area contributed by atoms with Gasteiger partial charge in [-0.2, -0.15) is 0 Å². The van der Waals surface area contributed by atoms with Gasteiger partial charge in [0.2, 0.25) is 0 Å². The van der Waals surface area contributed by atoms with Crippen LogP contribution in [0.3, 0.4) is 0 Å². The molecule has 0 atom stereocenters. The second kappa shape index (κ2) is 4.16. The number of para-hydroxylation sites is 2. The van der Waals surface area contributed by atoms with E-state index in [-0.39, 0.29) is 0 Å². The van der Waals surface area contributed by atoms with E-state index >= 15 is 0 Å². The van der Waals surface area contributed by atoms with Gasteiger partial charge in [0.25, 0.3) is 0 Å². The smallest absolute Gasteiger partial charge is 0.138 e. The summed E-state index contributed by atoms with van der Waals surface area (Å²) < 4.78 is 6.17. The Morgan fingerprint density at radius 2 is 1.61 bits per heavy atom. The fourth-order valence-corrected chi connectivity index (χ4v) is 2.63. The van der Waals surface area contributed by atoms with Gasteiger partial charge in [-0.3, -0.25) is 0 Å². The van der Waals surface area contributed by atoms with E-state index in [9.17, 15) is 0 Å². The monoisotopic (exact) mass is 238 g/mol. The Morgan fingerprint density at radius 1 is 0.944 bits per heavy atom. The van der Waals surface area contributed by atoms with Crippen LogP contribution in [-0.4, -0.2) is 0 Å². The van der Waals surface area contributed by atoms with Crippen LogP contribution in [0, 0.1) is 0 Å². The lowest BCUT2D eigenvalue weighted by Crippen LogP contribution is -1.86. The summed E-state index contributed by atoms with van der Waals surface area (Å²) in [4.78, 5) is 0. The maximum Gasteiger partial charge on any atom is 0.138 e. The molecule has 92 valence electrons. The second-order valence-electron chi connectivity index (χ2n) is 5.13. The summed E-state index contributed by atoms with van der Waals surface area (Å²) >= 11 is 0. The number of aryl methyl sites for hydroxylation is 1. The van der Waals surface area contributed by atoms with E-state index in [0.29, 0.717) is 5.92 Å². The van der Waals surface area contributed by atoms with Crippen LogP contribution < -0.4 is 0 Å². The van der Waals surface area contributed by atoms with Crippen molar-refractivity contribution in [3.63, 3.8) is 0 Å². The fraction of sp³-hybridized carbons (Fsp3) is 0.294. The Morgan fingerprint density at radius 3 is 2.28 bits per heavy atom. The lowest BCUT2D eigenvalue weighted by atomic mass is 10.00. The Balaban J connectivity index is 2.46. The van der Waals surface area contributed by atoms with E-state index < -0.39 is 0 Å². The van der Waals surface area contributed by atoms with Crippen LogP contribution in [0.2, 0.25) is 0 Å². The third-order valence-corrected chi connectivity index (χ3v) is 3.64. The number of fused-ring (bicyclic) bond motifs is 3. The first-order valence-electron chi connectivity index (χ1n) is 6.65. The summed E-state index contributed by atoms with van der Waals surface area (Å²) in [6, 6.07) is 12.9. The molecule has 1 aromatic heterocycles. The molecule has 0 aliphatic heterocycles. The molecule has 0 fully saturated rings. The molecule has 1 heterocycles. The maximum atomic E-state index is 6.17. The van der Waals surface area contributed by atoms with Crippen LogP contribution in [0.5, 0.6) is 0 Å². The van der Waals surface area contributed by atoms with Crippen molar-refractivity contribution in [2.75, 3.05) is 0 Å². The van der Waals surface area contributed by atoms with Crippen molar-refractivity contribution in [1.29, 1.82) is 0 Å². The van der Waals surface area contributed by atoms with Gasteiger partial charge in [-0.25, -0.2) is 0 Å². The molecule has 0 aliphatic carbocycles. The third-order valence-electron chi connectivity index (χ3n) is 3.64. The summed E-state index contributed by atoms with van der Waals surface area (Å²) in [5.41, 5.74) is 4.70. The van der Waals surface area contributed by atoms with Crippen LogP contribution in [0.25, 0.3) is 21.9 Å². The van der Waals surface area contributed by atoms with Crippen molar-refractivity contribution in [1.82, 2.24) is 0 Å². The molecular weight excluding hydrogens is 220 g/mol. The number of furan rings is 1. The maximum absolute atomic E-state index is 6.17. The Labute approximate surface area is 107 Å². The van der Waals surface area contributed by atoms with Crippen LogP contribution in [0.1, 0.15) is 37.8 Å². The van der Waals surface area contributed by atoms with E-state index in [1.165, 1.54) is 21.9 Å². The van der Waals surface area contributed by atoms with E-state index in [2.05, 4.69) is 57.2 Å². The summed E-state index contributed by atoms with van der Waals surface area (Å²) in [5.74, 6) is 0.485. The highest BCUT2D eigenvalue weighted by Crippen LogP contribution is 2.35. The molecule has 2 aromatic carbocycles. The van der Waals surface area contributed by atoms with Crippen LogP contribution in [-0.2, 0) is 6.42 Å². The van der Waals surface area contributed by atoms with Gasteiger partial charge < -0.3 is 4.42 Å². The van der Waals surface area contributed by atoms with Crippen molar-refractivity contribution in [2.45, 2.75) is 33.1 Å². The van der Waals surface area contributed by atoms with Crippen molar-refractivity contribution in [2.24, 2.45) is 0 Å². The first-order valence-corrected chi connectivity index (χ1v) is 6.65. The van der Waals surface area contributed by atoms with E-state index in [1.54, 1.807) is 0 Å². The van der Waals surface area contributed by atoms with E-state index in [1.807, 2.05) is 0 Å². The molecule has 1 heteroatoms. The highest BCUT2D eigenvalue weighted by molar-refractivity contribution is 6.06. The minimum absolute atomic E-state index is 0.485. The zero-order valence-electron chi connectivity index (χ0n) is 11.2. The number of rotatable bonds is 2. The molecule has 0 unspecified atom stereocenters. The highest BCUT2D eigenvalue weighted by Gasteiger charge is 2.13. The van der Waals surface area contributed by atoms with Crippen molar-refractivity contribution in [3.05, 3.63) is 47.5 Å². The molecule has 1 nitrogen and oxygen atoms in total.